The summed E-state index contributed by atoms with van der Waals surface area (Å²) in [5, 5.41) is 16.0. The van der Waals surface area contributed by atoms with Gasteiger partial charge in [0.15, 0.2) is 6.67 Å². The van der Waals surface area contributed by atoms with E-state index in [-0.39, 0.29) is 5.69 Å². The van der Waals surface area contributed by atoms with Gasteiger partial charge in [0.05, 0.1) is 29.2 Å². The molecule has 0 aliphatic carbocycles. The average molecular weight is 365 g/mol. The molecule has 1 atom stereocenters. The highest BCUT2D eigenvalue weighted by Gasteiger charge is 2.30. The number of nitro benzene ring substituents is 1. The summed E-state index contributed by atoms with van der Waals surface area (Å²) in [6.07, 6.45) is -2.72. The van der Waals surface area contributed by atoms with Crippen molar-refractivity contribution in [1.29, 1.82) is 0 Å². The predicted octanol–water partition coefficient (Wildman–Crippen LogP) is 2.64. The lowest BCUT2D eigenvalue weighted by atomic mass is 10.1. The molecular weight excluding hydrogens is 349 g/mol. The standard InChI is InChI=1S/C17H15F3N4O2/c1-22(10-12-2-5-14(6-3-12)17(18,19)20)11-23-16-8-15(24(25)26)7-4-13(16)9-21-23/h2-9H,10-11H2,1H3/p+1. The van der Waals surface area contributed by atoms with Gasteiger partial charge < -0.3 is 4.90 Å². The van der Waals surface area contributed by atoms with Crippen molar-refractivity contribution in [3.63, 3.8) is 0 Å². The van der Waals surface area contributed by atoms with Crippen molar-refractivity contribution in [2.24, 2.45) is 0 Å². The van der Waals surface area contributed by atoms with Gasteiger partial charge >= 0.3 is 6.18 Å². The second-order valence-corrected chi connectivity index (χ2v) is 6.13. The zero-order chi connectivity index (χ0) is 18.9. The minimum atomic E-state index is -4.35. The van der Waals surface area contributed by atoms with Gasteiger partial charge in [-0.2, -0.15) is 18.3 Å². The molecule has 6 nitrogen and oxygen atoms in total. The third-order valence-electron chi connectivity index (χ3n) is 4.05. The highest BCUT2D eigenvalue weighted by Crippen LogP contribution is 2.29. The van der Waals surface area contributed by atoms with Crippen LogP contribution in [0, 0.1) is 10.1 Å². The van der Waals surface area contributed by atoms with Crippen LogP contribution in [-0.4, -0.2) is 21.8 Å². The van der Waals surface area contributed by atoms with Crippen molar-refractivity contribution in [1.82, 2.24) is 9.78 Å². The van der Waals surface area contributed by atoms with Gasteiger partial charge in [-0.3, -0.25) is 10.1 Å². The molecule has 3 aromatic rings. The van der Waals surface area contributed by atoms with Gasteiger partial charge in [0.2, 0.25) is 0 Å². The molecule has 0 amide bonds. The number of nitrogens with zero attached hydrogens (tertiary/aromatic N) is 3. The first kappa shape index (κ1) is 17.9. The Morgan fingerprint density at radius 1 is 1.19 bits per heavy atom. The average Bonchev–Trinajstić information content (AvgIpc) is 2.96. The van der Waals surface area contributed by atoms with Crippen LogP contribution in [0.4, 0.5) is 18.9 Å². The van der Waals surface area contributed by atoms with Gasteiger partial charge in [0.1, 0.15) is 6.54 Å². The molecule has 1 heterocycles. The minimum absolute atomic E-state index is 0.0142. The zero-order valence-electron chi connectivity index (χ0n) is 13.8. The van der Waals surface area contributed by atoms with Gasteiger partial charge in [-0.05, 0) is 18.2 Å². The molecule has 1 unspecified atom stereocenters. The van der Waals surface area contributed by atoms with Crippen LogP contribution in [-0.2, 0) is 19.4 Å². The Balaban J connectivity index is 1.74. The number of nitro groups is 1. The fourth-order valence-corrected chi connectivity index (χ4v) is 2.77. The van der Waals surface area contributed by atoms with Crippen molar-refractivity contribution in [3.8, 4) is 0 Å². The van der Waals surface area contributed by atoms with Crippen LogP contribution in [0.25, 0.3) is 10.9 Å². The molecule has 2 aromatic carbocycles. The molecule has 0 saturated carbocycles. The number of non-ortho nitro benzene ring substituents is 1. The molecule has 136 valence electrons. The number of quaternary nitrogens is 1. The van der Waals surface area contributed by atoms with Gasteiger partial charge in [-0.1, -0.05) is 12.1 Å². The summed E-state index contributed by atoms with van der Waals surface area (Å²) in [4.78, 5) is 11.4. The Labute approximate surface area is 146 Å². The maximum absolute atomic E-state index is 12.6. The molecule has 0 radical (unpaired) electrons. The first-order valence-corrected chi connectivity index (χ1v) is 7.81. The third kappa shape index (κ3) is 3.83. The lowest BCUT2D eigenvalue weighted by molar-refractivity contribution is -0.917. The summed E-state index contributed by atoms with van der Waals surface area (Å²) in [5.74, 6) is 0. The molecular formula is C17H16F3N4O2+. The van der Waals surface area contributed by atoms with Crippen LogP contribution >= 0.6 is 0 Å². The van der Waals surface area contributed by atoms with E-state index < -0.39 is 16.7 Å². The monoisotopic (exact) mass is 365 g/mol. The number of halogens is 3. The van der Waals surface area contributed by atoms with Gasteiger partial charge in [0.25, 0.3) is 5.69 Å². The van der Waals surface area contributed by atoms with Crippen LogP contribution in [0.2, 0.25) is 0 Å². The van der Waals surface area contributed by atoms with Crippen molar-refractivity contribution in [2.75, 3.05) is 7.05 Å². The Bertz CT molecular complexity index is 935. The SMILES string of the molecule is C[NH+](Cc1ccc(C(F)(F)F)cc1)Cn1ncc2ccc([N+](=O)[O-])cc21. The number of hydrogen-bond donors (Lipinski definition) is 1. The van der Waals surface area contributed by atoms with Crippen molar-refractivity contribution >= 4 is 16.6 Å². The van der Waals surface area contributed by atoms with Crippen LogP contribution in [0.5, 0.6) is 0 Å². The molecule has 0 saturated heterocycles. The van der Waals surface area contributed by atoms with E-state index in [1.807, 2.05) is 7.05 Å². The molecule has 0 aliphatic heterocycles. The Hall–Kier alpha value is -2.94. The van der Waals surface area contributed by atoms with Crippen molar-refractivity contribution < 1.29 is 23.0 Å². The van der Waals surface area contributed by atoms with Gasteiger partial charge in [0, 0.05) is 23.1 Å². The number of nitrogens with one attached hydrogen (secondary N) is 1. The van der Waals surface area contributed by atoms with Crippen LogP contribution in [0.1, 0.15) is 11.1 Å². The largest absolute Gasteiger partial charge is 0.416 e. The summed E-state index contributed by atoms with van der Waals surface area (Å²) in [7, 11) is 1.88. The van der Waals surface area contributed by atoms with E-state index in [1.165, 1.54) is 24.3 Å². The Kier molecular flexibility index (Phi) is 4.64. The molecule has 1 N–H and O–H groups in total. The van der Waals surface area contributed by atoms with E-state index in [0.717, 1.165) is 28.0 Å². The number of fused-ring (bicyclic) bond motifs is 1. The second-order valence-electron chi connectivity index (χ2n) is 6.13. The summed E-state index contributed by atoms with van der Waals surface area (Å²) in [5.41, 5.74) is 0.716. The van der Waals surface area contributed by atoms with E-state index >= 15 is 0 Å². The van der Waals surface area contributed by atoms with E-state index in [4.69, 9.17) is 0 Å². The van der Waals surface area contributed by atoms with Crippen molar-refractivity contribution in [2.45, 2.75) is 19.4 Å². The highest BCUT2D eigenvalue weighted by molar-refractivity contribution is 5.80. The number of alkyl halides is 3. The van der Waals surface area contributed by atoms with Crippen LogP contribution in [0.15, 0.2) is 48.7 Å². The number of hydrogen-bond acceptors (Lipinski definition) is 3. The number of aromatic nitrogens is 2. The maximum atomic E-state index is 12.6. The third-order valence-corrected chi connectivity index (χ3v) is 4.05. The lowest BCUT2D eigenvalue weighted by Crippen LogP contribution is -3.06. The first-order valence-electron chi connectivity index (χ1n) is 7.81. The molecule has 1 aromatic heterocycles. The zero-order valence-corrected chi connectivity index (χ0v) is 13.8. The van der Waals surface area contributed by atoms with Crippen LogP contribution < -0.4 is 4.90 Å². The minimum Gasteiger partial charge on any atom is -0.315 e. The summed E-state index contributed by atoms with van der Waals surface area (Å²) >= 11 is 0. The fraction of sp³-hybridized carbons (Fsp3) is 0.235. The van der Waals surface area contributed by atoms with E-state index in [9.17, 15) is 23.3 Å². The smallest absolute Gasteiger partial charge is 0.315 e. The van der Waals surface area contributed by atoms with Gasteiger partial charge in [-0.15, -0.1) is 0 Å². The summed E-state index contributed by atoms with van der Waals surface area (Å²) in [6, 6.07) is 9.57. The molecule has 26 heavy (non-hydrogen) atoms. The predicted molar refractivity (Wildman–Crippen MR) is 88.4 cm³/mol. The lowest BCUT2D eigenvalue weighted by Gasteiger charge is -2.15. The maximum Gasteiger partial charge on any atom is 0.416 e. The first-order chi connectivity index (χ1) is 12.2. The Morgan fingerprint density at radius 3 is 2.50 bits per heavy atom. The topological polar surface area (TPSA) is 65.4 Å². The van der Waals surface area contributed by atoms with E-state index in [0.29, 0.717) is 18.7 Å². The fourth-order valence-electron chi connectivity index (χ4n) is 2.77. The summed E-state index contributed by atoms with van der Waals surface area (Å²) in [6.45, 7) is 0.917. The van der Waals surface area contributed by atoms with E-state index in [1.54, 1.807) is 16.9 Å². The molecule has 9 heteroatoms. The quantitative estimate of drug-likeness (QED) is 0.558. The number of rotatable bonds is 5. The molecule has 0 spiro atoms. The van der Waals surface area contributed by atoms with E-state index in [2.05, 4.69) is 5.10 Å². The van der Waals surface area contributed by atoms with Crippen molar-refractivity contribution in [3.05, 3.63) is 69.9 Å². The molecule has 0 aliphatic rings. The Morgan fingerprint density at radius 2 is 1.88 bits per heavy atom. The highest BCUT2D eigenvalue weighted by atomic mass is 19.4. The number of benzene rings is 2. The summed E-state index contributed by atoms with van der Waals surface area (Å²) < 4.78 is 39.5. The molecule has 0 bridgehead atoms. The van der Waals surface area contributed by atoms with Crippen LogP contribution in [0.3, 0.4) is 0 Å². The normalized spacial score (nSPS) is 13.1. The molecule has 0 fully saturated rings. The van der Waals surface area contributed by atoms with Gasteiger partial charge in [-0.25, -0.2) is 4.68 Å². The molecule has 3 rings (SSSR count). The second kappa shape index (κ2) is 6.75.